The molecule has 0 spiro atoms. The fraction of sp³-hybridized carbons (Fsp3) is 0.238. The van der Waals surface area contributed by atoms with E-state index in [9.17, 15) is 4.79 Å². The number of rotatable bonds is 5. The number of carbonyl (C=O) groups excluding carboxylic acids is 1. The number of nitrogens with one attached hydrogen (secondary N) is 1. The number of fused-ring (bicyclic) bond motifs is 1. The number of amides is 2. The number of urea groups is 1. The summed E-state index contributed by atoms with van der Waals surface area (Å²) in [5, 5.41) is 3.93. The molecule has 3 aromatic rings. The molecule has 0 bridgehead atoms. The standard InChI is InChI=1S/C21H21N3O4/c1-26-18-9-8-15(11-19(18)27-2)22-21(25)24-12-16(13-24)28-20-10-7-14-5-3-4-6-17(14)23-20/h3-11,16H,12-13H2,1-2H3,(H,22,25). The summed E-state index contributed by atoms with van der Waals surface area (Å²) in [6.07, 6.45) is -0.0650. The number of para-hydroxylation sites is 1. The number of hydrogen-bond donors (Lipinski definition) is 1. The van der Waals surface area contributed by atoms with Crippen LogP contribution in [0.4, 0.5) is 10.5 Å². The molecule has 2 aromatic carbocycles. The number of benzene rings is 2. The number of methoxy groups -OCH3 is 2. The molecular weight excluding hydrogens is 358 g/mol. The zero-order valence-electron chi connectivity index (χ0n) is 15.7. The molecule has 2 amide bonds. The Morgan fingerprint density at radius 1 is 1.04 bits per heavy atom. The SMILES string of the molecule is COc1ccc(NC(=O)N2CC(Oc3ccc4ccccc4n3)C2)cc1OC. The monoisotopic (exact) mass is 379 g/mol. The Balaban J connectivity index is 1.32. The first kappa shape index (κ1) is 17.9. The molecule has 1 aliphatic heterocycles. The van der Waals surface area contributed by atoms with E-state index in [-0.39, 0.29) is 12.1 Å². The van der Waals surface area contributed by atoms with Gasteiger partial charge in [0.25, 0.3) is 0 Å². The summed E-state index contributed by atoms with van der Waals surface area (Å²) in [5.74, 6) is 1.75. The van der Waals surface area contributed by atoms with Gasteiger partial charge in [-0.25, -0.2) is 9.78 Å². The number of likely N-dealkylation sites (tertiary alicyclic amines) is 1. The third-order valence-corrected chi connectivity index (χ3v) is 4.63. The molecule has 28 heavy (non-hydrogen) atoms. The van der Waals surface area contributed by atoms with Gasteiger partial charge in [0.2, 0.25) is 5.88 Å². The van der Waals surface area contributed by atoms with Crippen LogP contribution in [0.2, 0.25) is 0 Å². The molecule has 1 N–H and O–H groups in total. The molecule has 0 radical (unpaired) electrons. The van der Waals surface area contributed by atoms with E-state index in [0.717, 1.165) is 10.9 Å². The minimum atomic E-state index is -0.182. The smallest absolute Gasteiger partial charge is 0.322 e. The van der Waals surface area contributed by atoms with Crippen LogP contribution in [0.3, 0.4) is 0 Å². The van der Waals surface area contributed by atoms with Crippen molar-refractivity contribution in [2.45, 2.75) is 6.10 Å². The molecule has 0 unspecified atom stereocenters. The summed E-state index contributed by atoms with van der Waals surface area (Å²) in [6.45, 7) is 1.02. The van der Waals surface area contributed by atoms with Gasteiger partial charge in [0.15, 0.2) is 11.5 Å². The first-order valence-corrected chi connectivity index (χ1v) is 8.96. The van der Waals surface area contributed by atoms with Crippen LogP contribution >= 0.6 is 0 Å². The van der Waals surface area contributed by atoms with Crippen LogP contribution in [-0.2, 0) is 0 Å². The highest BCUT2D eigenvalue weighted by Gasteiger charge is 2.32. The van der Waals surface area contributed by atoms with Gasteiger partial charge in [-0.3, -0.25) is 0 Å². The molecule has 1 aromatic heterocycles. The highest BCUT2D eigenvalue weighted by molar-refractivity contribution is 5.90. The van der Waals surface area contributed by atoms with Crippen molar-refractivity contribution in [2.75, 3.05) is 32.6 Å². The molecule has 1 saturated heterocycles. The van der Waals surface area contributed by atoms with Gasteiger partial charge in [-0.1, -0.05) is 18.2 Å². The highest BCUT2D eigenvalue weighted by Crippen LogP contribution is 2.30. The molecule has 144 valence electrons. The Bertz CT molecular complexity index is 1000. The maximum Gasteiger partial charge on any atom is 0.322 e. The summed E-state index contributed by atoms with van der Waals surface area (Å²) in [5.41, 5.74) is 1.53. The normalized spacial score (nSPS) is 13.7. The summed E-state index contributed by atoms with van der Waals surface area (Å²) in [6, 6.07) is 16.8. The van der Waals surface area contributed by atoms with E-state index in [2.05, 4.69) is 10.3 Å². The molecule has 0 atom stereocenters. The fourth-order valence-corrected chi connectivity index (χ4v) is 3.08. The number of ether oxygens (including phenoxy) is 3. The van der Waals surface area contributed by atoms with Gasteiger partial charge < -0.3 is 24.4 Å². The predicted octanol–water partition coefficient (Wildman–Crippen LogP) is 3.55. The lowest BCUT2D eigenvalue weighted by molar-refractivity contribution is 0.0463. The Morgan fingerprint density at radius 3 is 2.61 bits per heavy atom. The summed E-state index contributed by atoms with van der Waals surface area (Å²) < 4.78 is 16.3. The Morgan fingerprint density at radius 2 is 1.82 bits per heavy atom. The average Bonchev–Trinajstić information content (AvgIpc) is 2.70. The van der Waals surface area contributed by atoms with Gasteiger partial charge in [0, 0.05) is 23.2 Å². The van der Waals surface area contributed by atoms with E-state index in [1.807, 2.05) is 36.4 Å². The molecule has 1 fully saturated rings. The molecule has 0 aliphatic carbocycles. The van der Waals surface area contributed by atoms with Crippen molar-refractivity contribution in [3.63, 3.8) is 0 Å². The lowest BCUT2D eigenvalue weighted by Gasteiger charge is -2.38. The predicted molar refractivity (Wildman–Crippen MR) is 106 cm³/mol. The molecule has 1 aliphatic rings. The van der Waals surface area contributed by atoms with Crippen molar-refractivity contribution >= 4 is 22.6 Å². The minimum Gasteiger partial charge on any atom is -0.493 e. The number of pyridine rings is 1. The fourth-order valence-electron chi connectivity index (χ4n) is 3.08. The third-order valence-electron chi connectivity index (χ3n) is 4.63. The maximum atomic E-state index is 12.4. The lowest BCUT2D eigenvalue weighted by atomic mass is 10.2. The molecule has 0 saturated carbocycles. The van der Waals surface area contributed by atoms with Crippen LogP contribution in [0.15, 0.2) is 54.6 Å². The van der Waals surface area contributed by atoms with E-state index in [1.54, 1.807) is 37.3 Å². The quantitative estimate of drug-likeness (QED) is 0.734. The number of anilines is 1. The molecule has 2 heterocycles. The molecule has 4 rings (SSSR count). The van der Waals surface area contributed by atoms with Crippen LogP contribution in [0, 0.1) is 0 Å². The number of carbonyl (C=O) groups is 1. The summed E-state index contributed by atoms with van der Waals surface area (Å²) >= 11 is 0. The zero-order chi connectivity index (χ0) is 19.5. The highest BCUT2D eigenvalue weighted by atomic mass is 16.5. The van der Waals surface area contributed by atoms with Crippen LogP contribution in [-0.4, -0.2) is 49.3 Å². The third kappa shape index (κ3) is 3.64. The number of hydrogen-bond acceptors (Lipinski definition) is 5. The lowest BCUT2D eigenvalue weighted by Crippen LogP contribution is -2.57. The van der Waals surface area contributed by atoms with Gasteiger partial charge in [-0.05, 0) is 24.3 Å². The van der Waals surface area contributed by atoms with Crippen molar-refractivity contribution < 1.29 is 19.0 Å². The van der Waals surface area contributed by atoms with Crippen LogP contribution in [0.1, 0.15) is 0 Å². The van der Waals surface area contributed by atoms with Gasteiger partial charge in [-0.2, -0.15) is 0 Å². The molecule has 7 heteroatoms. The van der Waals surface area contributed by atoms with E-state index >= 15 is 0 Å². The average molecular weight is 379 g/mol. The number of aromatic nitrogens is 1. The van der Waals surface area contributed by atoms with Crippen LogP contribution in [0.5, 0.6) is 17.4 Å². The zero-order valence-corrected chi connectivity index (χ0v) is 15.7. The summed E-state index contributed by atoms with van der Waals surface area (Å²) in [7, 11) is 3.13. The Kier molecular flexibility index (Phi) is 4.89. The largest absolute Gasteiger partial charge is 0.493 e. The Hall–Kier alpha value is -3.48. The molecular formula is C21H21N3O4. The van der Waals surface area contributed by atoms with Crippen molar-refractivity contribution in [2.24, 2.45) is 0 Å². The Labute approximate surface area is 162 Å². The van der Waals surface area contributed by atoms with E-state index < -0.39 is 0 Å². The van der Waals surface area contributed by atoms with Gasteiger partial charge in [0.1, 0.15) is 6.10 Å². The number of nitrogens with zero attached hydrogens (tertiary/aromatic N) is 2. The molecule has 7 nitrogen and oxygen atoms in total. The second-order valence-corrected chi connectivity index (χ2v) is 6.49. The topological polar surface area (TPSA) is 72.9 Å². The van der Waals surface area contributed by atoms with Crippen LogP contribution < -0.4 is 19.5 Å². The maximum absolute atomic E-state index is 12.4. The minimum absolute atomic E-state index is 0.0650. The van der Waals surface area contributed by atoms with Crippen LogP contribution in [0.25, 0.3) is 10.9 Å². The first-order valence-electron chi connectivity index (χ1n) is 8.96. The van der Waals surface area contributed by atoms with Gasteiger partial charge in [0.05, 0.1) is 32.8 Å². The second-order valence-electron chi connectivity index (χ2n) is 6.49. The van der Waals surface area contributed by atoms with Crippen molar-refractivity contribution in [1.29, 1.82) is 0 Å². The second kappa shape index (κ2) is 7.64. The summed E-state index contributed by atoms with van der Waals surface area (Å²) in [4.78, 5) is 18.6. The van der Waals surface area contributed by atoms with Gasteiger partial charge in [-0.15, -0.1) is 0 Å². The first-order chi connectivity index (χ1) is 13.7. The van der Waals surface area contributed by atoms with Crippen molar-refractivity contribution in [3.8, 4) is 17.4 Å². The van der Waals surface area contributed by atoms with E-state index in [0.29, 0.717) is 36.2 Å². The van der Waals surface area contributed by atoms with Crippen molar-refractivity contribution in [1.82, 2.24) is 9.88 Å². The van der Waals surface area contributed by atoms with Crippen molar-refractivity contribution in [3.05, 3.63) is 54.6 Å². The van der Waals surface area contributed by atoms with E-state index in [4.69, 9.17) is 14.2 Å². The van der Waals surface area contributed by atoms with Gasteiger partial charge >= 0.3 is 6.03 Å². The van der Waals surface area contributed by atoms with E-state index in [1.165, 1.54) is 0 Å².